The predicted molar refractivity (Wildman–Crippen MR) is 152 cm³/mol. The first-order chi connectivity index (χ1) is 19.5. The summed E-state index contributed by atoms with van der Waals surface area (Å²) in [5.74, 6) is 0.654. The van der Waals surface area contributed by atoms with Gasteiger partial charge in [-0.1, -0.05) is 19.1 Å². The number of nitrogens with zero attached hydrogens (tertiary/aromatic N) is 4. The Morgan fingerprint density at radius 3 is 2.73 bits per heavy atom. The zero-order valence-electron chi connectivity index (χ0n) is 22.1. The molecule has 1 aliphatic rings. The minimum atomic E-state index is -0.396. The first-order valence-electron chi connectivity index (χ1n) is 13.4. The number of aromatic amines is 1. The van der Waals surface area contributed by atoms with Crippen LogP contribution >= 0.6 is 0 Å². The van der Waals surface area contributed by atoms with Crippen molar-refractivity contribution in [2.45, 2.75) is 26.3 Å². The van der Waals surface area contributed by atoms with Crippen molar-refractivity contribution < 1.29 is 13.9 Å². The molecule has 2 aromatic carbocycles. The van der Waals surface area contributed by atoms with Crippen molar-refractivity contribution in [2.75, 3.05) is 18.4 Å². The molecule has 2 N–H and O–H groups in total. The molecule has 6 rings (SSSR count). The summed E-state index contributed by atoms with van der Waals surface area (Å²) >= 11 is 0. The van der Waals surface area contributed by atoms with Crippen LogP contribution in [0.1, 0.15) is 35.8 Å². The largest absolute Gasteiger partial charge is 0.439 e. The molecule has 0 radical (unpaired) electrons. The highest BCUT2D eigenvalue weighted by Gasteiger charge is 2.18. The summed E-state index contributed by atoms with van der Waals surface area (Å²) in [6.45, 7) is 5.43. The predicted octanol–water partition coefficient (Wildman–Crippen LogP) is 6.44. The Balaban J connectivity index is 1.16. The van der Waals surface area contributed by atoms with Crippen LogP contribution in [0.3, 0.4) is 0 Å². The number of ether oxygens (including phenoxy) is 1. The summed E-state index contributed by atoms with van der Waals surface area (Å²) in [7, 11) is 0. The Bertz CT molecular complexity index is 1640. The van der Waals surface area contributed by atoms with Crippen LogP contribution in [0.25, 0.3) is 22.0 Å². The molecule has 4 heterocycles. The Morgan fingerprint density at radius 2 is 1.93 bits per heavy atom. The van der Waals surface area contributed by atoms with E-state index in [0.29, 0.717) is 16.8 Å². The number of carbonyl (C=O) groups is 1. The number of halogens is 1. The van der Waals surface area contributed by atoms with Crippen LogP contribution in [0.4, 0.5) is 10.1 Å². The number of hydrogen-bond donors (Lipinski definition) is 2. The SMILES string of the molecule is CC1CCN(Cc2cncc(-c3ccc4[nH]nc(C(=O)Nc5ccc(Oc6cccc(F)c6)nc5)c4c3)c2)CC1. The lowest BCUT2D eigenvalue weighted by Gasteiger charge is -2.30. The van der Waals surface area contributed by atoms with Crippen molar-refractivity contribution >= 4 is 22.5 Å². The molecule has 0 spiro atoms. The molecule has 202 valence electrons. The van der Waals surface area contributed by atoms with Crippen molar-refractivity contribution in [1.29, 1.82) is 0 Å². The van der Waals surface area contributed by atoms with Crippen LogP contribution in [-0.2, 0) is 6.54 Å². The summed E-state index contributed by atoms with van der Waals surface area (Å²) in [5.41, 5.74) is 4.66. The van der Waals surface area contributed by atoms with E-state index in [-0.39, 0.29) is 17.5 Å². The summed E-state index contributed by atoms with van der Waals surface area (Å²) < 4.78 is 19.0. The standard InChI is InChI=1S/C31H29FN6O2/c1-20-9-11-38(12-10-20)19-21-13-23(17-33-16-21)22-5-7-28-27(14-22)30(37-36-28)31(39)35-25-6-8-29(34-18-25)40-26-4-2-3-24(32)15-26/h2-8,13-18,20H,9-12,19H2,1H3,(H,35,39)(H,36,37). The normalized spacial score (nSPS) is 14.3. The van der Waals surface area contributed by atoms with Gasteiger partial charge in [0.25, 0.3) is 5.91 Å². The van der Waals surface area contributed by atoms with Crippen molar-refractivity contribution in [3.63, 3.8) is 0 Å². The van der Waals surface area contributed by atoms with Gasteiger partial charge in [0.15, 0.2) is 5.69 Å². The number of fused-ring (bicyclic) bond motifs is 1. The maximum absolute atomic E-state index is 13.4. The van der Waals surface area contributed by atoms with E-state index in [1.165, 1.54) is 36.7 Å². The van der Waals surface area contributed by atoms with E-state index >= 15 is 0 Å². The van der Waals surface area contributed by atoms with Gasteiger partial charge in [0.05, 0.1) is 17.4 Å². The third kappa shape index (κ3) is 5.84. The summed E-state index contributed by atoms with van der Waals surface area (Å²) in [6.07, 6.45) is 7.73. The number of aromatic nitrogens is 4. The quantitative estimate of drug-likeness (QED) is 0.249. The Labute approximate surface area is 231 Å². The molecular weight excluding hydrogens is 507 g/mol. The number of hydrogen-bond acceptors (Lipinski definition) is 6. The van der Waals surface area contributed by atoms with E-state index in [9.17, 15) is 9.18 Å². The zero-order chi connectivity index (χ0) is 27.5. The highest BCUT2D eigenvalue weighted by atomic mass is 19.1. The molecule has 8 nitrogen and oxygen atoms in total. The molecule has 0 atom stereocenters. The molecule has 1 fully saturated rings. The van der Waals surface area contributed by atoms with Crippen molar-refractivity contribution in [3.8, 4) is 22.8 Å². The minimum Gasteiger partial charge on any atom is -0.439 e. The molecule has 0 bridgehead atoms. The van der Waals surface area contributed by atoms with Crippen LogP contribution < -0.4 is 10.1 Å². The van der Waals surface area contributed by atoms with Gasteiger partial charge in [-0.3, -0.25) is 19.8 Å². The monoisotopic (exact) mass is 536 g/mol. The first kappa shape index (κ1) is 25.6. The van der Waals surface area contributed by atoms with E-state index in [1.54, 1.807) is 24.3 Å². The molecule has 0 unspecified atom stereocenters. The number of H-pyrrole nitrogens is 1. The number of benzene rings is 2. The fraction of sp³-hybridized carbons (Fsp3) is 0.226. The van der Waals surface area contributed by atoms with Gasteiger partial charge in [0.2, 0.25) is 5.88 Å². The number of pyridine rings is 2. The average molecular weight is 537 g/mol. The van der Waals surface area contributed by atoms with Crippen molar-refractivity contribution in [1.82, 2.24) is 25.1 Å². The van der Waals surface area contributed by atoms with Gasteiger partial charge in [0, 0.05) is 42.0 Å². The fourth-order valence-electron chi connectivity index (χ4n) is 4.93. The van der Waals surface area contributed by atoms with Crippen LogP contribution in [0, 0.1) is 11.7 Å². The third-order valence-electron chi connectivity index (χ3n) is 7.20. The maximum atomic E-state index is 13.4. The molecule has 0 saturated carbocycles. The van der Waals surface area contributed by atoms with E-state index in [0.717, 1.165) is 42.2 Å². The second kappa shape index (κ2) is 11.2. The van der Waals surface area contributed by atoms with Gasteiger partial charge < -0.3 is 10.1 Å². The molecular formula is C31H29FN6O2. The molecule has 1 amide bonds. The second-order valence-corrected chi connectivity index (χ2v) is 10.3. The van der Waals surface area contributed by atoms with Gasteiger partial charge in [0.1, 0.15) is 11.6 Å². The zero-order valence-corrected chi connectivity index (χ0v) is 22.1. The van der Waals surface area contributed by atoms with Crippen LogP contribution in [0.5, 0.6) is 11.6 Å². The van der Waals surface area contributed by atoms with Gasteiger partial charge in [-0.05, 0) is 79.4 Å². The van der Waals surface area contributed by atoms with Gasteiger partial charge in [-0.2, -0.15) is 5.10 Å². The maximum Gasteiger partial charge on any atom is 0.276 e. The van der Waals surface area contributed by atoms with Crippen LogP contribution in [0.2, 0.25) is 0 Å². The number of amides is 1. The second-order valence-electron chi connectivity index (χ2n) is 10.3. The minimum absolute atomic E-state index is 0.281. The number of anilines is 1. The smallest absolute Gasteiger partial charge is 0.276 e. The van der Waals surface area contributed by atoms with Gasteiger partial charge in [-0.25, -0.2) is 9.37 Å². The third-order valence-corrected chi connectivity index (χ3v) is 7.20. The Morgan fingerprint density at radius 1 is 1.05 bits per heavy atom. The molecule has 3 aromatic heterocycles. The van der Waals surface area contributed by atoms with Crippen molar-refractivity contribution in [2.24, 2.45) is 5.92 Å². The summed E-state index contributed by atoms with van der Waals surface area (Å²) in [6, 6.07) is 17.1. The number of nitrogens with one attached hydrogen (secondary N) is 2. The molecule has 9 heteroatoms. The highest BCUT2D eigenvalue weighted by molar-refractivity contribution is 6.11. The Hall–Kier alpha value is -4.63. The van der Waals surface area contributed by atoms with E-state index in [2.05, 4.69) is 43.4 Å². The average Bonchev–Trinajstić information content (AvgIpc) is 3.39. The molecule has 0 aliphatic carbocycles. The Kier molecular flexibility index (Phi) is 7.20. The lowest BCUT2D eigenvalue weighted by atomic mass is 9.98. The lowest BCUT2D eigenvalue weighted by molar-refractivity contribution is 0.102. The van der Waals surface area contributed by atoms with E-state index < -0.39 is 5.82 Å². The molecule has 5 aromatic rings. The van der Waals surface area contributed by atoms with Gasteiger partial charge in [-0.15, -0.1) is 0 Å². The number of rotatable bonds is 7. The molecule has 1 aliphatic heterocycles. The van der Waals surface area contributed by atoms with E-state index in [1.807, 2.05) is 30.6 Å². The van der Waals surface area contributed by atoms with Gasteiger partial charge >= 0.3 is 0 Å². The number of likely N-dealkylation sites (tertiary alicyclic amines) is 1. The lowest BCUT2D eigenvalue weighted by Crippen LogP contribution is -2.32. The topological polar surface area (TPSA) is 96.0 Å². The fourth-order valence-corrected chi connectivity index (χ4v) is 4.93. The molecule has 1 saturated heterocycles. The number of piperidine rings is 1. The first-order valence-corrected chi connectivity index (χ1v) is 13.4. The van der Waals surface area contributed by atoms with E-state index in [4.69, 9.17) is 4.74 Å². The van der Waals surface area contributed by atoms with Crippen molar-refractivity contribution in [3.05, 3.63) is 96.3 Å². The summed E-state index contributed by atoms with van der Waals surface area (Å²) in [4.78, 5) is 24.3. The summed E-state index contributed by atoms with van der Waals surface area (Å²) in [5, 5.41) is 10.8. The van der Waals surface area contributed by atoms with Crippen LogP contribution in [-0.4, -0.2) is 44.1 Å². The number of carbonyl (C=O) groups excluding carboxylic acids is 1. The molecule has 40 heavy (non-hydrogen) atoms. The van der Waals surface area contributed by atoms with Crippen LogP contribution in [0.15, 0.2) is 79.3 Å². The highest BCUT2D eigenvalue weighted by Crippen LogP contribution is 2.27.